The van der Waals surface area contributed by atoms with Gasteiger partial charge in [0, 0.05) is 31.2 Å². The monoisotopic (exact) mass is 303 g/mol. The normalized spacial score (nSPS) is 27.2. The summed E-state index contributed by atoms with van der Waals surface area (Å²) in [6.07, 6.45) is 7.07. The molecule has 2 bridgehead atoms. The van der Waals surface area contributed by atoms with E-state index in [-0.39, 0.29) is 6.04 Å². The smallest absolute Gasteiger partial charge is 0.246 e. The molecule has 106 valence electrons. The van der Waals surface area contributed by atoms with Gasteiger partial charge in [0.05, 0.1) is 6.20 Å². The van der Waals surface area contributed by atoms with Crippen LogP contribution in [0, 0.1) is 5.92 Å². The summed E-state index contributed by atoms with van der Waals surface area (Å²) in [5, 5.41) is 4.11. The number of aryl methyl sites for hydroxylation is 1. The minimum absolute atomic E-state index is 0.209. The van der Waals surface area contributed by atoms with Crippen LogP contribution in [-0.2, 0) is 16.6 Å². The van der Waals surface area contributed by atoms with Crippen molar-refractivity contribution in [3.63, 3.8) is 0 Å². The van der Waals surface area contributed by atoms with Crippen LogP contribution in [0.3, 0.4) is 0 Å². The molecule has 1 aromatic heterocycles. The third kappa shape index (κ3) is 2.41. The van der Waals surface area contributed by atoms with Gasteiger partial charge in [0.2, 0.25) is 10.0 Å². The van der Waals surface area contributed by atoms with Crippen molar-refractivity contribution >= 4 is 21.6 Å². The Bertz CT molecular complexity index is 557. The molecule has 2 heterocycles. The zero-order valence-corrected chi connectivity index (χ0v) is 12.3. The number of hydrogen-bond acceptors (Lipinski definition) is 3. The first kappa shape index (κ1) is 13.4. The average molecular weight is 304 g/mol. The standard InChI is InChI=1S/C12H18ClN3O2S/c13-4-1-5-15-9-12(7-14-15)19(17,18)16-8-10-2-3-11(16)6-10/h7,9-11H,1-6,8H2. The fourth-order valence-corrected chi connectivity index (χ4v) is 4.95. The van der Waals surface area contributed by atoms with Gasteiger partial charge in [-0.3, -0.25) is 4.68 Å². The summed E-state index contributed by atoms with van der Waals surface area (Å²) in [5.41, 5.74) is 0. The van der Waals surface area contributed by atoms with Gasteiger partial charge < -0.3 is 0 Å². The zero-order valence-electron chi connectivity index (χ0n) is 10.7. The SMILES string of the molecule is O=S(=O)(c1cnn(CCCCl)c1)N1CC2CCC1C2. The molecule has 7 heteroatoms. The van der Waals surface area contributed by atoms with Crippen molar-refractivity contribution in [2.45, 2.75) is 43.2 Å². The Morgan fingerprint density at radius 1 is 1.42 bits per heavy atom. The van der Waals surface area contributed by atoms with Crippen LogP contribution in [-0.4, -0.2) is 41.0 Å². The zero-order chi connectivity index (χ0) is 13.5. The summed E-state index contributed by atoms with van der Waals surface area (Å²) >= 11 is 5.63. The number of nitrogens with zero attached hydrogens (tertiary/aromatic N) is 3. The molecule has 2 fully saturated rings. The largest absolute Gasteiger partial charge is 0.271 e. The Labute approximate surface area is 118 Å². The summed E-state index contributed by atoms with van der Waals surface area (Å²) in [6.45, 7) is 1.34. The molecule has 1 saturated carbocycles. The van der Waals surface area contributed by atoms with Gasteiger partial charge in [0.1, 0.15) is 4.90 Å². The van der Waals surface area contributed by atoms with E-state index in [1.807, 2.05) is 0 Å². The minimum Gasteiger partial charge on any atom is -0.271 e. The first-order chi connectivity index (χ1) is 9.11. The van der Waals surface area contributed by atoms with Crippen LogP contribution in [0.4, 0.5) is 0 Å². The molecule has 2 atom stereocenters. The van der Waals surface area contributed by atoms with E-state index in [0.29, 0.717) is 29.8 Å². The second-order valence-electron chi connectivity index (χ2n) is 5.39. The van der Waals surface area contributed by atoms with E-state index >= 15 is 0 Å². The van der Waals surface area contributed by atoms with E-state index in [1.165, 1.54) is 12.6 Å². The first-order valence-electron chi connectivity index (χ1n) is 6.71. The highest BCUT2D eigenvalue weighted by atomic mass is 35.5. The van der Waals surface area contributed by atoms with Crippen LogP contribution < -0.4 is 0 Å². The van der Waals surface area contributed by atoms with E-state index in [1.54, 1.807) is 15.2 Å². The van der Waals surface area contributed by atoms with E-state index in [2.05, 4.69) is 5.10 Å². The molecule has 19 heavy (non-hydrogen) atoms. The molecule has 5 nitrogen and oxygen atoms in total. The van der Waals surface area contributed by atoms with Gasteiger partial charge >= 0.3 is 0 Å². The molecule has 1 saturated heterocycles. The highest BCUT2D eigenvalue weighted by Crippen LogP contribution is 2.40. The lowest BCUT2D eigenvalue weighted by molar-refractivity contribution is 0.333. The highest BCUT2D eigenvalue weighted by Gasteiger charge is 2.44. The van der Waals surface area contributed by atoms with Crippen molar-refractivity contribution in [1.29, 1.82) is 0 Å². The molecule has 1 aliphatic carbocycles. The van der Waals surface area contributed by atoms with Crippen LogP contribution in [0.2, 0.25) is 0 Å². The number of hydrogen-bond donors (Lipinski definition) is 0. The topological polar surface area (TPSA) is 55.2 Å². The number of aromatic nitrogens is 2. The predicted octanol–water partition coefficient (Wildman–Crippen LogP) is 1.69. The van der Waals surface area contributed by atoms with Crippen molar-refractivity contribution in [2.24, 2.45) is 5.92 Å². The highest BCUT2D eigenvalue weighted by molar-refractivity contribution is 7.89. The maximum atomic E-state index is 12.6. The van der Waals surface area contributed by atoms with Crippen LogP contribution >= 0.6 is 11.6 Å². The molecule has 0 amide bonds. The van der Waals surface area contributed by atoms with Gasteiger partial charge in [0.25, 0.3) is 0 Å². The van der Waals surface area contributed by atoms with Gasteiger partial charge in [-0.1, -0.05) is 0 Å². The van der Waals surface area contributed by atoms with Crippen molar-refractivity contribution < 1.29 is 8.42 Å². The Morgan fingerprint density at radius 2 is 2.26 bits per heavy atom. The van der Waals surface area contributed by atoms with Gasteiger partial charge in [-0.05, 0) is 31.6 Å². The molecule has 1 aliphatic heterocycles. The first-order valence-corrected chi connectivity index (χ1v) is 8.69. The minimum atomic E-state index is -3.36. The Morgan fingerprint density at radius 3 is 2.89 bits per heavy atom. The lowest BCUT2D eigenvalue weighted by atomic mass is 10.1. The second kappa shape index (κ2) is 5.07. The number of fused-ring (bicyclic) bond motifs is 2. The van der Waals surface area contributed by atoms with Crippen molar-refractivity contribution in [2.75, 3.05) is 12.4 Å². The van der Waals surface area contributed by atoms with Gasteiger partial charge in [-0.2, -0.15) is 9.40 Å². The Balaban J connectivity index is 1.78. The molecule has 0 radical (unpaired) electrons. The third-order valence-electron chi connectivity index (χ3n) is 4.10. The maximum Gasteiger partial charge on any atom is 0.246 e. The van der Waals surface area contributed by atoms with E-state index < -0.39 is 10.0 Å². The van der Waals surface area contributed by atoms with Gasteiger partial charge in [-0.25, -0.2) is 8.42 Å². The predicted molar refractivity (Wildman–Crippen MR) is 72.6 cm³/mol. The quantitative estimate of drug-likeness (QED) is 0.778. The fraction of sp³-hybridized carbons (Fsp3) is 0.750. The van der Waals surface area contributed by atoms with Crippen LogP contribution in [0.1, 0.15) is 25.7 Å². The summed E-state index contributed by atoms with van der Waals surface area (Å²) in [4.78, 5) is 0.314. The average Bonchev–Trinajstić information content (AvgIpc) is 3.11. The van der Waals surface area contributed by atoms with Gasteiger partial charge in [0.15, 0.2) is 0 Å². The van der Waals surface area contributed by atoms with Gasteiger partial charge in [-0.15, -0.1) is 11.6 Å². The molecule has 0 N–H and O–H groups in total. The van der Waals surface area contributed by atoms with Crippen molar-refractivity contribution in [3.05, 3.63) is 12.4 Å². The lowest BCUT2D eigenvalue weighted by Crippen LogP contribution is -2.37. The number of piperidine rings is 1. The molecule has 0 spiro atoms. The van der Waals surface area contributed by atoms with E-state index in [4.69, 9.17) is 11.6 Å². The molecule has 2 unspecified atom stereocenters. The van der Waals surface area contributed by atoms with Crippen molar-refractivity contribution in [1.82, 2.24) is 14.1 Å². The van der Waals surface area contributed by atoms with E-state index in [9.17, 15) is 8.42 Å². The molecule has 2 aliphatic rings. The number of rotatable bonds is 5. The molecular formula is C12H18ClN3O2S. The molecule has 0 aromatic carbocycles. The molecule has 3 rings (SSSR count). The second-order valence-corrected chi connectivity index (χ2v) is 7.66. The van der Waals surface area contributed by atoms with Crippen LogP contribution in [0.15, 0.2) is 17.3 Å². The number of alkyl halides is 1. The fourth-order valence-electron chi connectivity index (χ4n) is 3.13. The summed E-state index contributed by atoms with van der Waals surface area (Å²) in [7, 11) is -3.36. The summed E-state index contributed by atoms with van der Waals surface area (Å²) < 4.78 is 28.4. The Kier molecular flexibility index (Phi) is 3.57. The maximum absolute atomic E-state index is 12.6. The van der Waals surface area contributed by atoms with Crippen LogP contribution in [0.25, 0.3) is 0 Å². The van der Waals surface area contributed by atoms with E-state index in [0.717, 1.165) is 19.3 Å². The number of sulfonamides is 1. The van der Waals surface area contributed by atoms with Crippen LogP contribution in [0.5, 0.6) is 0 Å². The lowest BCUT2D eigenvalue weighted by Gasteiger charge is -2.25. The number of halogens is 1. The third-order valence-corrected chi connectivity index (χ3v) is 6.23. The summed E-state index contributed by atoms with van der Waals surface area (Å²) in [6, 6.07) is 0.209. The summed E-state index contributed by atoms with van der Waals surface area (Å²) in [5.74, 6) is 1.11. The molecule has 1 aromatic rings. The van der Waals surface area contributed by atoms with Crippen molar-refractivity contribution in [3.8, 4) is 0 Å². The molecular weight excluding hydrogens is 286 g/mol. The Hall–Kier alpha value is -0.590.